The number of rotatable bonds is 5. The molecule has 2 nitrogen and oxygen atoms in total. The van der Waals surface area contributed by atoms with Gasteiger partial charge in [-0.1, -0.05) is 38.5 Å². The molecular formula is C15H25NO. The van der Waals surface area contributed by atoms with Gasteiger partial charge in [0.2, 0.25) is 0 Å². The summed E-state index contributed by atoms with van der Waals surface area (Å²) in [5.41, 5.74) is 8.42. The average Bonchev–Trinajstić information content (AvgIpc) is 2.20. The Bertz CT molecular complexity index is 352. The summed E-state index contributed by atoms with van der Waals surface area (Å²) in [6, 6.07) is 6.31. The lowest BCUT2D eigenvalue weighted by Crippen LogP contribution is -2.12. The van der Waals surface area contributed by atoms with Crippen LogP contribution in [0.4, 0.5) is 0 Å². The highest BCUT2D eigenvalue weighted by molar-refractivity contribution is 5.37. The molecule has 1 rings (SSSR count). The highest BCUT2D eigenvalue weighted by Gasteiger charge is 2.11. The summed E-state index contributed by atoms with van der Waals surface area (Å²) in [6.07, 6.45) is 1.94. The van der Waals surface area contributed by atoms with Crippen molar-refractivity contribution in [2.45, 2.75) is 40.5 Å². The molecule has 0 spiro atoms. The molecule has 0 atom stereocenters. The molecule has 2 N–H and O–H groups in total. The lowest BCUT2D eigenvalue weighted by Gasteiger charge is -2.19. The van der Waals surface area contributed by atoms with Crippen molar-refractivity contribution in [3.8, 4) is 5.75 Å². The van der Waals surface area contributed by atoms with Crippen molar-refractivity contribution >= 4 is 0 Å². The van der Waals surface area contributed by atoms with E-state index in [1.54, 1.807) is 0 Å². The highest BCUT2D eigenvalue weighted by atomic mass is 16.5. The van der Waals surface area contributed by atoms with Crippen molar-refractivity contribution < 1.29 is 4.74 Å². The maximum Gasteiger partial charge on any atom is 0.122 e. The van der Waals surface area contributed by atoms with Gasteiger partial charge in [0, 0.05) is 0 Å². The number of hydrogen-bond acceptors (Lipinski definition) is 2. The first-order valence-corrected chi connectivity index (χ1v) is 6.35. The van der Waals surface area contributed by atoms with Crippen LogP contribution in [0, 0.1) is 12.3 Å². The van der Waals surface area contributed by atoms with Crippen molar-refractivity contribution in [1.82, 2.24) is 0 Å². The number of benzene rings is 1. The standard InChI is InChI=1S/C15H25NO/c1-12-5-6-14(13(11-12)7-9-16)17-10-8-15(2,3)4/h5-6,11H,7-10,16H2,1-4H3. The van der Waals surface area contributed by atoms with Gasteiger partial charge in [0.05, 0.1) is 6.61 Å². The Balaban J connectivity index is 2.63. The molecule has 0 aliphatic rings. The third kappa shape index (κ3) is 5.22. The second kappa shape index (κ2) is 6.06. The number of ether oxygens (including phenoxy) is 1. The molecule has 2 heteroatoms. The van der Waals surface area contributed by atoms with Gasteiger partial charge in [-0.25, -0.2) is 0 Å². The first-order valence-electron chi connectivity index (χ1n) is 6.35. The van der Waals surface area contributed by atoms with Crippen LogP contribution in [-0.4, -0.2) is 13.2 Å². The Morgan fingerprint density at radius 3 is 2.53 bits per heavy atom. The van der Waals surface area contributed by atoms with Gasteiger partial charge in [-0.15, -0.1) is 0 Å². The van der Waals surface area contributed by atoms with Crippen LogP contribution in [0.5, 0.6) is 5.75 Å². The second-order valence-electron chi connectivity index (χ2n) is 5.81. The zero-order valence-corrected chi connectivity index (χ0v) is 11.5. The zero-order chi connectivity index (χ0) is 12.9. The van der Waals surface area contributed by atoms with Gasteiger partial charge in [-0.2, -0.15) is 0 Å². The predicted molar refractivity (Wildman–Crippen MR) is 73.5 cm³/mol. The molecule has 0 saturated carbocycles. The molecule has 0 radical (unpaired) electrons. The third-order valence-electron chi connectivity index (χ3n) is 2.74. The molecule has 0 unspecified atom stereocenters. The Morgan fingerprint density at radius 1 is 1.24 bits per heavy atom. The summed E-state index contributed by atoms with van der Waals surface area (Å²) in [5.74, 6) is 0.991. The lowest BCUT2D eigenvalue weighted by molar-refractivity contribution is 0.241. The van der Waals surface area contributed by atoms with Crippen LogP contribution < -0.4 is 10.5 Å². The molecular weight excluding hydrogens is 210 g/mol. The Morgan fingerprint density at radius 2 is 1.94 bits per heavy atom. The summed E-state index contributed by atoms with van der Waals surface area (Å²) >= 11 is 0. The molecule has 0 aliphatic carbocycles. The molecule has 0 amide bonds. The van der Waals surface area contributed by atoms with Gasteiger partial charge < -0.3 is 10.5 Å². The van der Waals surface area contributed by atoms with E-state index in [4.69, 9.17) is 10.5 Å². The Hall–Kier alpha value is -1.02. The van der Waals surface area contributed by atoms with E-state index in [0.29, 0.717) is 12.0 Å². The van der Waals surface area contributed by atoms with Crippen molar-refractivity contribution in [2.75, 3.05) is 13.2 Å². The molecule has 0 bridgehead atoms. The summed E-state index contributed by atoms with van der Waals surface area (Å²) in [4.78, 5) is 0. The second-order valence-corrected chi connectivity index (χ2v) is 5.81. The summed E-state index contributed by atoms with van der Waals surface area (Å²) < 4.78 is 5.87. The SMILES string of the molecule is Cc1ccc(OCCC(C)(C)C)c(CCN)c1. The van der Waals surface area contributed by atoms with E-state index in [-0.39, 0.29) is 0 Å². The fraction of sp³-hybridized carbons (Fsp3) is 0.600. The van der Waals surface area contributed by atoms with Crippen molar-refractivity contribution in [1.29, 1.82) is 0 Å². The minimum absolute atomic E-state index is 0.318. The quantitative estimate of drug-likeness (QED) is 0.849. The fourth-order valence-electron chi connectivity index (χ4n) is 1.67. The van der Waals surface area contributed by atoms with Crippen molar-refractivity contribution in [2.24, 2.45) is 11.1 Å². The van der Waals surface area contributed by atoms with E-state index < -0.39 is 0 Å². The van der Waals surface area contributed by atoms with Gasteiger partial charge >= 0.3 is 0 Å². The fourth-order valence-corrected chi connectivity index (χ4v) is 1.67. The van der Waals surface area contributed by atoms with Crippen LogP contribution >= 0.6 is 0 Å². The monoisotopic (exact) mass is 235 g/mol. The summed E-state index contributed by atoms with van der Waals surface area (Å²) in [5, 5.41) is 0. The molecule has 1 aromatic rings. The minimum Gasteiger partial charge on any atom is -0.493 e. The van der Waals surface area contributed by atoms with Gasteiger partial charge in [-0.05, 0) is 43.4 Å². The molecule has 96 valence electrons. The first-order chi connectivity index (χ1) is 7.92. The average molecular weight is 235 g/mol. The largest absolute Gasteiger partial charge is 0.493 e. The predicted octanol–water partition coefficient (Wildman–Crippen LogP) is 3.31. The smallest absolute Gasteiger partial charge is 0.122 e. The number of hydrogen-bond donors (Lipinski definition) is 1. The normalized spacial score (nSPS) is 11.6. The minimum atomic E-state index is 0.318. The Kier molecular flexibility index (Phi) is 5.01. The molecule has 17 heavy (non-hydrogen) atoms. The Labute approximate surface area is 105 Å². The van der Waals surface area contributed by atoms with Crippen LogP contribution in [-0.2, 0) is 6.42 Å². The first kappa shape index (κ1) is 14.0. The molecule has 0 saturated heterocycles. The molecule has 0 aromatic heterocycles. The molecule has 1 aromatic carbocycles. The van der Waals surface area contributed by atoms with Crippen LogP contribution in [0.25, 0.3) is 0 Å². The van der Waals surface area contributed by atoms with Gasteiger partial charge in [0.1, 0.15) is 5.75 Å². The molecule has 0 fully saturated rings. The highest BCUT2D eigenvalue weighted by Crippen LogP contribution is 2.23. The van der Waals surface area contributed by atoms with Crippen LogP contribution in [0.2, 0.25) is 0 Å². The number of aryl methyl sites for hydroxylation is 1. The van der Waals surface area contributed by atoms with E-state index in [0.717, 1.165) is 25.2 Å². The van der Waals surface area contributed by atoms with Crippen LogP contribution in [0.15, 0.2) is 18.2 Å². The molecule has 0 heterocycles. The van der Waals surface area contributed by atoms with E-state index in [2.05, 4.69) is 45.9 Å². The van der Waals surface area contributed by atoms with Crippen LogP contribution in [0.1, 0.15) is 38.3 Å². The van der Waals surface area contributed by atoms with E-state index in [1.807, 2.05) is 0 Å². The van der Waals surface area contributed by atoms with Crippen molar-refractivity contribution in [3.05, 3.63) is 29.3 Å². The summed E-state index contributed by atoms with van der Waals surface area (Å²) in [7, 11) is 0. The van der Waals surface area contributed by atoms with E-state index >= 15 is 0 Å². The van der Waals surface area contributed by atoms with E-state index in [9.17, 15) is 0 Å². The third-order valence-corrected chi connectivity index (χ3v) is 2.74. The topological polar surface area (TPSA) is 35.2 Å². The number of nitrogens with two attached hydrogens (primary N) is 1. The van der Waals surface area contributed by atoms with Crippen molar-refractivity contribution in [3.63, 3.8) is 0 Å². The summed E-state index contributed by atoms with van der Waals surface area (Å²) in [6.45, 7) is 10.2. The lowest BCUT2D eigenvalue weighted by atomic mass is 9.93. The zero-order valence-electron chi connectivity index (χ0n) is 11.5. The maximum atomic E-state index is 5.87. The van der Waals surface area contributed by atoms with Gasteiger partial charge in [0.15, 0.2) is 0 Å². The van der Waals surface area contributed by atoms with Gasteiger partial charge in [0.25, 0.3) is 0 Å². The van der Waals surface area contributed by atoms with E-state index in [1.165, 1.54) is 11.1 Å². The maximum absolute atomic E-state index is 5.87. The van der Waals surface area contributed by atoms with Gasteiger partial charge in [-0.3, -0.25) is 0 Å². The van der Waals surface area contributed by atoms with Crippen LogP contribution in [0.3, 0.4) is 0 Å². The molecule has 0 aliphatic heterocycles.